The number of carbonyl (C=O) groups is 1. The number of aryl methyl sites for hydroxylation is 1. The molecule has 5 heteroatoms. The Morgan fingerprint density at radius 3 is 2.64 bits per heavy atom. The highest BCUT2D eigenvalue weighted by Crippen LogP contribution is 2.41. The van der Waals surface area contributed by atoms with Gasteiger partial charge in [-0.25, -0.2) is 9.78 Å². The highest BCUT2D eigenvalue weighted by Gasteiger charge is 2.26. The molecule has 2 aromatic heterocycles. The molecular weight excluding hydrogens is 350 g/mol. The second-order valence-electron chi connectivity index (χ2n) is 8.28. The molecule has 5 rings (SSSR count). The molecule has 0 aliphatic heterocycles. The van der Waals surface area contributed by atoms with Crippen LogP contribution in [0.5, 0.6) is 0 Å². The van der Waals surface area contributed by atoms with E-state index in [0.717, 1.165) is 24.1 Å². The van der Waals surface area contributed by atoms with Crippen LogP contribution in [-0.2, 0) is 7.05 Å². The van der Waals surface area contributed by atoms with E-state index < -0.39 is 5.97 Å². The number of benzene rings is 1. The van der Waals surface area contributed by atoms with Crippen molar-refractivity contribution in [3.63, 3.8) is 0 Å². The maximum atomic E-state index is 11.8. The number of anilines is 2. The molecule has 0 unspecified atom stereocenters. The minimum absolute atomic E-state index is 0.244. The third kappa shape index (κ3) is 3.05. The van der Waals surface area contributed by atoms with E-state index in [2.05, 4.69) is 40.2 Å². The molecule has 0 atom stereocenters. The molecule has 2 fully saturated rings. The van der Waals surface area contributed by atoms with Gasteiger partial charge in [-0.2, -0.15) is 0 Å². The molecule has 5 nitrogen and oxygen atoms in total. The quantitative estimate of drug-likeness (QED) is 0.613. The summed E-state index contributed by atoms with van der Waals surface area (Å²) >= 11 is 0. The minimum atomic E-state index is -0.940. The van der Waals surface area contributed by atoms with Gasteiger partial charge in [0, 0.05) is 36.0 Å². The SMILES string of the molecule is Cn1cc(C2CCCC2)c2cc(Nc3ncc(C4CC4)cc3C(=O)O)ccc21. The van der Waals surface area contributed by atoms with Crippen LogP contribution >= 0.6 is 0 Å². The molecule has 0 saturated heterocycles. The van der Waals surface area contributed by atoms with Crippen molar-refractivity contribution in [1.82, 2.24) is 9.55 Å². The zero-order chi connectivity index (χ0) is 19.3. The van der Waals surface area contributed by atoms with E-state index in [1.807, 2.05) is 12.3 Å². The van der Waals surface area contributed by atoms with Gasteiger partial charge in [0.15, 0.2) is 0 Å². The number of nitrogens with one attached hydrogen (secondary N) is 1. The molecule has 0 spiro atoms. The van der Waals surface area contributed by atoms with Crippen molar-refractivity contribution in [2.45, 2.75) is 50.4 Å². The number of nitrogens with zero attached hydrogens (tertiary/aromatic N) is 2. The maximum absolute atomic E-state index is 11.8. The van der Waals surface area contributed by atoms with E-state index in [4.69, 9.17) is 0 Å². The average Bonchev–Trinajstić information content (AvgIpc) is 3.29. The Labute approximate surface area is 164 Å². The van der Waals surface area contributed by atoms with Crippen LogP contribution in [-0.4, -0.2) is 20.6 Å². The van der Waals surface area contributed by atoms with Crippen molar-refractivity contribution in [2.75, 3.05) is 5.32 Å². The van der Waals surface area contributed by atoms with E-state index in [9.17, 15) is 9.90 Å². The van der Waals surface area contributed by atoms with Crippen molar-refractivity contribution in [3.05, 3.63) is 53.3 Å². The molecule has 2 aliphatic rings. The highest BCUT2D eigenvalue weighted by molar-refractivity contribution is 5.95. The zero-order valence-corrected chi connectivity index (χ0v) is 16.1. The van der Waals surface area contributed by atoms with E-state index in [1.54, 1.807) is 6.07 Å². The lowest BCUT2D eigenvalue weighted by Crippen LogP contribution is -2.06. The molecule has 2 heterocycles. The molecule has 28 heavy (non-hydrogen) atoms. The number of aromatic carboxylic acids is 1. The molecule has 0 radical (unpaired) electrons. The summed E-state index contributed by atoms with van der Waals surface area (Å²) in [5.41, 5.74) is 4.78. The summed E-state index contributed by atoms with van der Waals surface area (Å²) in [6.07, 6.45) is 11.4. The van der Waals surface area contributed by atoms with Gasteiger partial charge >= 0.3 is 5.97 Å². The number of hydrogen-bond donors (Lipinski definition) is 2. The third-order valence-electron chi connectivity index (χ3n) is 6.27. The van der Waals surface area contributed by atoms with Crippen molar-refractivity contribution in [1.29, 1.82) is 0 Å². The van der Waals surface area contributed by atoms with Crippen LogP contribution in [0.25, 0.3) is 10.9 Å². The fourth-order valence-electron chi connectivity index (χ4n) is 4.58. The molecule has 3 aromatic rings. The van der Waals surface area contributed by atoms with Crippen molar-refractivity contribution >= 4 is 28.4 Å². The Hall–Kier alpha value is -2.82. The first kappa shape index (κ1) is 17.3. The van der Waals surface area contributed by atoms with Crippen LogP contribution in [0.3, 0.4) is 0 Å². The van der Waals surface area contributed by atoms with E-state index >= 15 is 0 Å². The summed E-state index contributed by atoms with van der Waals surface area (Å²) in [5, 5.41) is 14.2. The first-order valence-electron chi connectivity index (χ1n) is 10.2. The minimum Gasteiger partial charge on any atom is -0.478 e. The molecule has 2 N–H and O–H groups in total. The summed E-state index contributed by atoms with van der Waals surface area (Å²) in [6.45, 7) is 0. The number of rotatable bonds is 5. The van der Waals surface area contributed by atoms with E-state index in [1.165, 1.54) is 42.1 Å². The maximum Gasteiger partial charge on any atom is 0.339 e. The predicted molar refractivity (Wildman–Crippen MR) is 111 cm³/mol. The Morgan fingerprint density at radius 1 is 1.14 bits per heavy atom. The van der Waals surface area contributed by atoms with Gasteiger partial charge in [-0.1, -0.05) is 12.8 Å². The Bertz CT molecular complexity index is 1060. The second-order valence-corrected chi connectivity index (χ2v) is 8.28. The normalized spacial score (nSPS) is 17.3. The third-order valence-corrected chi connectivity index (χ3v) is 6.27. The molecule has 144 valence electrons. The van der Waals surface area contributed by atoms with Crippen LogP contribution in [0.15, 0.2) is 36.7 Å². The van der Waals surface area contributed by atoms with Crippen LogP contribution in [0.2, 0.25) is 0 Å². The Kier molecular flexibility index (Phi) is 4.11. The van der Waals surface area contributed by atoms with Crippen LogP contribution in [0.4, 0.5) is 11.5 Å². The van der Waals surface area contributed by atoms with Gasteiger partial charge in [0.1, 0.15) is 11.4 Å². The van der Waals surface area contributed by atoms with Gasteiger partial charge in [0.2, 0.25) is 0 Å². The molecule has 2 saturated carbocycles. The van der Waals surface area contributed by atoms with Gasteiger partial charge in [-0.15, -0.1) is 0 Å². The lowest BCUT2D eigenvalue weighted by molar-refractivity contribution is 0.0697. The highest BCUT2D eigenvalue weighted by atomic mass is 16.4. The predicted octanol–water partition coefficient (Wildman–Crippen LogP) is 5.55. The van der Waals surface area contributed by atoms with Crippen molar-refractivity contribution in [2.24, 2.45) is 7.05 Å². The van der Waals surface area contributed by atoms with E-state index in [-0.39, 0.29) is 5.56 Å². The fraction of sp³-hybridized carbons (Fsp3) is 0.391. The van der Waals surface area contributed by atoms with Crippen LogP contribution in [0.1, 0.15) is 71.8 Å². The summed E-state index contributed by atoms with van der Waals surface area (Å²) in [5.74, 6) is 0.582. The first-order valence-corrected chi connectivity index (χ1v) is 10.2. The standard InChI is InChI=1S/C23H25N3O2/c1-26-13-20(15-4-2-3-5-15)18-11-17(8-9-21(18)26)25-22-19(23(27)28)10-16(12-24-22)14-6-7-14/h8-15H,2-7H2,1H3,(H,24,25)(H,27,28). The Balaban J connectivity index is 1.51. The van der Waals surface area contributed by atoms with Crippen molar-refractivity contribution < 1.29 is 9.90 Å². The van der Waals surface area contributed by atoms with Gasteiger partial charge < -0.3 is 15.0 Å². The summed E-state index contributed by atoms with van der Waals surface area (Å²) < 4.78 is 2.19. The topological polar surface area (TPSA) is 67.2 Å². The van der Waals surface area contributed by atoms with E-state index in [0.29, 0.717) is 17.7 Å². The number of aromatic nitrogens is 2. The van der Waals surface area contributed by atoms with Crippen LogP contribution in [0, 0.1) is 0 Å². The average molecular weight is 375 g/mol. The number of carboxylic acid groups (broad SMARTS) is 1. The van der Waals surface area contributed by atoms with Crippen molar-refractivity contribution in [3.8, 4) is 0 Å². The molecule has 2 aliphatic carbocycles. The second kappa shape index (κ2) is 6.66. The summed E-state index contributed by atoms with van der Waals surface area (Å²) in [6, 6.07) is 8.03. The fourth-order valence-corrected chi connectivity index (χ4v) is 4.58. The lowest BCUT2D eigenvalue weighted by atomic mass is 9.97. The van der Waals surface area contributed by atoms with Gasteiger partial charge in [0.25, 0.3) is 0 Å². The number of hydrogen-bond acceptors (Lipinski definition) is 3. The van der Waals surface area contributed by atoms with Crippen LogP contribution < -0.4 is 5.32 Å². The molecular formula is C23H25N3O2. The number of fused-ring (bicyclic) bond motifs is 1. The monoisotopic (exact) mass is 375 g/mol. The largest absolute Gasteiger partial charge is 0.478 e. The number of pyridine rings is 1. The summed E-state index contributed by atoms with van der Waals surface area (Å²) in [7, 11) is 2.09. The van der Waals surface area contributed by atoms with Gasteiger partial charge in [0.05, 0.1) is 0 Å². The first-order chi connectivity index (χ1) is 13.6. The lowest BCUT2D eigenvalue weighted by Gasteiger charge is -2.12. The van der Waals surface area contributed by atoms with Gasteiger partial charge in [-0.3, -0.25) is 0 Å². The molecule has 0 amide bonds. The smallest absolute Gasteiger partial charge is 0.339 e. The summed E-state index contributed by atoms with van der Waals surface area (Å²) in [4.78, 5) is 16.2. The number of carboxylic acids is 1. The zero-order valence-electron chi connectivity index (χ0n) is 16.1. The Morgan fingerprint density at radius 2 is 1.93 bits per heavy atom. The van der Waals surface area contributed by atoms with Gasteiger partial charge in [-0.05, 0) is 72.9 Å². The molecule has 1 aromatic carbocycles. The molecule has 0 bridgehead atoms.